The standard InChI is InChI=1S/C22H21N5O2/c1-3-27-19-11-7-6-10-18(19)21(28)20(25-27)22(29)24-17-12-23-26(14-17)13-16-9-5-4-8-15(16)2/h4-12,14H,3,13H2,1-2H3,(H,24,29). The quantitative estimate of drug-likeness (QED) is 0.570. The van der Waals surface area contributed by atoms with E-state index < -0.39 is 5.91 Å². The average molecular weight is 387 g/mol. The number of hydrogen-bond donors (Lipinski definition) is 1. The fourth-order valence-electron chi connectivity index (χ4n) is 3.29. The van der Waals surface area contributed by atoms with Crippen LogP contribution in [0.3, 0.4) is 0 Å². The zero-order chi connectivity index (χ0) is 20.4. The monoisotopic (exact) mass is 387 g/mol. The van der Waals surface area contributed by atoms with Gasteiger partial charge in [0.05, 0.1) is 23.9 Å². The smallest absolute Gasteiger partial charge is 0.280 e. The number of fused-ring (bicyclic) bond motifs is 1. The van der Waals surface area contributed by atoms with Gasteiger partial charge in [-0.1, -0.05) is 36.4 Å². The van der Waals surface area contributed by atoms with Crippen LogP contribution in [0.25, 0.3) is 10.9 Å². The molecular weight excluding hydrogens is 366 g/mol. The van der Waals surface area contributed by atoms with E-state index >= 15 is 0 Å². The number of hydrogen-bond acceptors (Lipinski definition) is 4. The Morgan fingerprint density at radius 3 is 2.66 bits per heavy atom. The van der Waals surface area contributed by atoms with E-state index in [9.17, 15) is 9.59 Å². The number of rotatable bonds is 5. The van der Waals surface area contributed by atoms with Crippen molar-refractivity contribution in [1.29, 1.82) is 0 Å². The van der Waals surface area contributed by atoms with Gasteiger partial charge in [-0.2, -0.15) is 10.2 Å². The lowest BCUT2D eigenvalue weighted by Gasteiger charge is -2.09. The third-order valence-corrected chi connectivity index (χ3v) is 4.86. The molecule has 7 nitrogen and oxygen atoms in total. The molecule has 0 aliphatic rings. The Labute approximate surface area is 167 Å². The van der Waals surface area contributed by atoms with Crippen molar-refractivity contribution >= 4 is 22.5 Å². The molecule has 0 unspecified atom stereocenters. The molecule has 0 spiro atoms. The molecule has 0 saturated carbocycles. The maximum atomic E-state index is 12.8. The van der Waals surface area contributed by atoms with E-state index in [1.165, 1.54) is 5.56 Å². The number of benzene rings is 2. The lowest BCUT2D eigenvalue weighted by atomic mass is 10.1. The van der Waals surface area contributed by atoms with E-state index in [0.717, 1.165) is 5.56 Å². The molecule has 4 aromatic rings. The number of amides is 1. The Kier molecular flexibility index (Phi) is 4.95. The molecule has 0 bridgehead atoms. The summed E-state index contributed by atoms with van der Waals surface area (Å²) in [5, 5.41) is 11.8. The van der Waals surface area contributed by atoms with E-state index in [1.807, 2.05) is 50.2 Å². The summed E-state index contributed by atoms with van der Waals surface area (Å²) < 4.78 is 3.41. The van der Waals surface area contributed by atoms with Crippen LogP contribution in [0.5, 0.6) is 0 Å². The molecule has 2 heterocycles. The van der Waals surface area contributed by atoms with Crippen molar-refractivity contribution in [3.63, 3.8) is 0 Å². The Hall–Kier alpha value is -3.74. The maximum Gasteiger partial charge on any atom is 0.280 e. The summed E-state index contributed by atoms with van der Waals surface area (Å²) in [5.74, 6) is -0.543. The largest absolute Gasteiger partial charge is 0.318 e. The topological polar surface area (TPSA) is 81.8 Å². The maximum absolute atomic E-state index is 12.8. The van der Waals surface area contributed by atoms with Gasteiger partial charge in [0.25, 0.3) is 5.91 Å². The van der Waals surface area contributed by atoms with Crippen molar-refractivity contribution in [1.82, 2.24) is 19.6 Å². The third kappa shape index (κ3) is 3.67. The molecule has 29 heavy (non-hydrogen) atoms. The number of carbonyl (C=O) groups excluding carboxylic acids is 1. The number of aryl methyl sites for hydroxylation is 2. The molecule has 0 radical (unpaired) electrons. The van der Waals surface area contributed by atoms with Crippen molar-refractivity contribution in [3.05, 3.63) is 88.0 Å². The van der Waals surface area contributed by atoms with Crippen molar-refractivity contribution in [3.8, 4) is 0 Å². The molecule has 1 N–H and O–H groups in total. The fourth-order valence-corrected chi connectivity index (χ4v) is 3.29. The van der Waals surface area contributed by atoms with Crippen LogP contribution in [0, 0.1) is 6.92 Å². The number of para-hydroxylation sites is 1. The Morgan fingerprint density at radius 1 is 1.10 bits per heavy atom. The van der Waals surface area contributed by atoms with E-state index in [-0.39, 0.29) is 11.1 Å². The van der Waals surface area contributed by atoms with E-state index in [0.29, 0.717) is 29.7 Å². The lowest BCUT2D eigenvalue weighted by molar-refractivity contribution is 0.101. The number of nitrogens with one attached hydrogen (secondary N) is 1. The number of anilines is 1. The molecule has 7 heteroatoms. The summed E-state index contributed by atoms with van der Waals surface area (Å²) in [6, 6.07) is 15.2. The minimum absolute atomic E-state index is 0.128. The van der Waals surface area contributed by atoms with Gasteiger partial charge in [0, 0.05) is 18.1 Å². The van der Waals surface area contributed by atoms with Crippen LogP contribution in [0.15, 0.2) is 65.7 Å². The number of carbonyl (C=O) groups is 1. The zero-order valence-corrected chi connectivity index (χ0v) is 16.3. The minimum Gasteiger partial charge on any atom is -0.318 e. The van der Waals surface area contributed by atoms with Gasteiger partial charge in [-0.3, -0.25) is 19.0 Å². The Bertz CT molecular complexity index is 1260. The van der Waals surface area contributed by atoms with Crippen LogP contribution in [-0.4, -0.2) is 25.5 Å². The highest BCUT2D eigenvalue weighted by molar-refractivity contribution is 6.04. The molecule has 1 amide bonds. The van der Waals surface area contributed by atoms with Crippen molar-refractivity contribution < 1.29 is 4.79 Å². The molecule has 2 aromatic carbocycles. The van der Waals surface area contributed by atoms with Gasteiger partial charge in [0.2, 0.25) is 5.43 Å². The molecule has 0 aliphatic heterocycles. The highest BCUT2D eigenvalue weighted by Crippen LogP contribution is 2.13. The Morgan fingerprint density at radius 2 is 1.86 bits per heavy atom. The summed E-state index contributed by atoms with van der Waals surface area (Å²) in [6.07, 6.45) is 3.30. The molecular formula is C22H21N5O2. The second kappa shape index (κ2) is 7.71. The number of aromatic nitrogens is 4. The van der Waals surface area contributed by atoms with Crippen molar-refractivity contribution in [2.75, 3.05) is 5.32 Å². The molecule has 2 aromatic heterocycles. The van der Waals surface area contributed by atoms with Gasteiger partial charge in [-0.05, 0) is 37.1 Å². The van der Waals surface area contributed by atoms with E-state index in [2.05, 4.69) is 15.5 Å². The molecule has 146 valence electrons. The summed E-state index contributed by atoms with van der Waals surface area (Å²) in [7, 11) is 0. The second-order valence-corrected chi connectivity index (χ2v) is 6.82. The normalized spacial score (nSPS) is 11.0. The van der Waals surface area contributed by atoms with Crippen LogP contribution in [0.4, 0.5) is 5.69 Å². The van der Waals surface area contributed by atoms with Crippen LogP contribution in [0.2, 0.25) is 0 Å². The Balaban J connectivity index is 1.59. The average Bonchev–Trinajstić information content (AvgIpc) is 3.17. The van der Waals surface area contributed by atoms with Gasteiger partial charge in [-0.15, -0.1) is 0 Å². The van der Waals surface area contributed by atoms with Gasteiger partial charge >= 0.3 is 0 Å². The summed E-state index contributed by atoms with van der Waals surface area (Å²) in [6.45, 7) is 5.11. The van der Waals surface area contributed by atoms with Gasteiger partial charge < -0.3 is 5.32 Å². The number of nitrogens with zero attached hydrogens (tertiary/aromatic N) is 4. The second-order valence-electron chi connectivity index (χ2n) is 6.82. The van der Waals surface area contributed by atoms with Crippen LogP contribution < -0.4 is 10.7 Å². The first-order valence-corrected chi connectivity index (χ1v) is 9.45. The van der Waals surface area contributed by atoms with Crippen LogP contribution >= 0.6 is 0 Å². The van der Waals surface area contributed by atoms with Gasteiger partial charge in [0.15, 0.2) is 5.69 Å². The SMILES string of the molecule is CCn1nc(C(=O)Nc2cnn(Cc3ccccc3C)c2)c(=O)c2ccccc21. The van der Waals surface area contributed by atoms with E-state index in [1.54, 1.807) is 33.9 Å². The van der Waals surface area contributed by atoms with E-state index in [4.69, 9.17) is 0 Å². The first-order valence-electron chi connectivity index (χ1n) is 9.45. The molecule has 0 fully saturated rings. The summed E-state index contributed by atoms with van der Waals surface area (Å²) >= 11 is 0. The van der Waals surface area contributed by atoms with Crippen molar-refractivity contribution in [2.45, 2.75) is 26.9 Å². The highest BCUT2D eigenvalue weighted by Gasteiger charge is 2.17. The predicted octanol–water partition coefficient (Wildman–Crippen LogP) is 3.22. The third-order valence-electron chi connectivity index (χ3n) is 4.86. The molecule has 0 saturated heterocycles. The predicted molar refractivity (Wildman–Crippen MR) is 112 cm³/mol. The first kappa shape index (κ1) is 18.6. The summed E-state index contributed by atoms with van der Waals surface area (Å²) in [4.78, 5) is 25.5. The van der Waals surface area contributed by atoms with Crippen LogP contribution in [0.1, 0.15) is 28.5 Å². The fraction of sp³-hybridized carbons (Fsp3) is 0.182. The zero-order valence-electron chi connectivity index (χ0n) is 16.3. The lowest BCUT2D eigenvalue weighted by Crippen LogP contribution is -2.26. The highest BCUT2D eigenvalue weighted by atomic mass is 16.2. The summed E-state index contributed by atoms with van der Waals surface area (Å²) in [5.41, 5.74) is 3.04. The first-order chi connectivity index (χ1) is 14.1. The van der Waals surface area contributed by atoms with Gasteiger partial charge in [0.1, 0.15) is 0 Å². The molecule has 0 aliphatic carbocycles. The van der Waals surface area contributed by atoms with Crippen LogP contribution in [-0.2, 0) is 13.1 Å². The van der Waals surface area contributed by atoms with Gasteiger partial charge in [-0.25, -0.2) is 0 Å². The molecule has 0 atom stereocenters. The minimum atomic E-state index is -0.543. The molecule has 4 rings (SSSR count). The van der Waals surface area contributed by atoms with Crippen molar-refractivity contribution in [2.24, 2.45) is 0 Å².